The number of para-hydroxylation sites is 1. The molecule has 0 spiro atoms. The van der Waals surface area contributed by atoms with Gasteiger partial charge in [-0.2, -0.15) is 0 Å². The quantitative estimate of drug-likeness (QED) is 0.657. The van der Waals surface area contributed by atoms with Gasteiger partial charge in [-0.3, -0.25) is 4.90 Å². The van der Waals surface area contributed by atoms with Crippen molar-refractivity contribution in [1.82, 2.24) is 9.88 Å². The van der Waals surface area contributed by atoms with Gasteiger partial charge in [0.25, 0.3) is 0 Å². The van der Waals surface area contributed by atoms with Crippen LogP contribution in [-0.2, 0) is 6.54 Å². The van der Waals surface area contributed by atoms with Crippen LogP contribution in [-0.4, -0.2) is 35.6 Å². The second-order valence-corrected chi connectivity index (χ2v) is 7.25. The molecule has 2 heterocycles. The van der Waals surface area contributed by atoms with Gasteiger partial charge in [0.05, 0.1) is 11.3 Å². The number of hydrogen-bond donors (Lipinski definition) is 0. The maximum Gasteiger partial charge on any atom is 0.229 e. The molecule has 1 saturated heterocycles. The van der Waals surface area contributed by atoms with Gasteiger partial charge in [0.1, 0.15) is 17.4 Å². The van der Waals surface area contributed by atoms with E-state index in [1.54, 1.807) is 0 Å². The van der Waals surface area contributed by atoms with E-state index in [1.807, 2.05) is 13.0 Å². The summed E-state index contributed by atoms with van der Waals surface area (Å²) in [4.78, 5) is 9.18. The summed E-state index contributed by atoms with van der Waals surface area (Å²) in [5.74, 6) is -0.296. The third-order valence-corrected chi connectivity index (χ3v) is 5.29. The molecule has 2 aromatic carbocycles. The van der Waals surface area contributed by atoms with Crippen LogP contribution in [0, 0.1) is 18.6 Å². The Bertz CT molecular complexity index is 958. The predicted molar refractivity (Wildman–Crippen MR) is 105 cm³/mol. The fraction of sp³-hybridized carbons (Fsp3) is 0.318. The third kappa shape index (κ3) is 3.78. The van der Waals surface area contributed by atoms with E-state index in [0.717, 1.165) is 43.5 Å². The number of halogens is 2. The lowest BCUT2D eigenvalue weighted by atomic mass is 10.1. The first-order valence-corrected chi connectivity index (χ1v) is 9.47. The average Bonchev–Trinajstić information content (AvgIpc) is 3.06. The van der Waals surface area contributed by atoms with Crippen molar-refractivity contribution >= 4 is 5.69 Å². The lowest BCUT2D eigenvalue weighted by Gasteiger charge is -2.40. The van der Waals surface area contributed by atoms with Crippen LogP contribution in [0.25, 0.3) is 11.5 Å². The van der Waals surface area contributed by atoms with E-state index in [1.165, 1.54) is 5.69 Å². The molecule has 1 fully saturated rings. The van der Waals surface area contributed by atoms with E-state index in [9.17, 15) is 8.78 Å². The molecule has 146 valence electrons. The van der Waals surface area contributed by atoms with Gasteiger partial charge in [-0.25, -0.2) is 13.8 Å². The second-order valence-electron chi connectivity index (χ2n) is 7.25. The highest BCUT2D eigenvalue weighted by atomic mass is 19.1. The minimum Gasteiger partial charge on any atom is -0.441 e. The summed E-state index contributed by atoms with van der Waals surface area (Å²) < 4.78 is 33.2. The molecule has 1 atom stereocenters. The zero-order valence-corrected chi connectivity index (χ0v) is 16.0. The van der Waals surface area contributed by atoms with Gasteiger partial charge in [-0.15, -0.1) is 0 Å². The van der Waals surface area contributed by atoms with E-state index in [-0.39, 0.29) is 11.5 Å². The van der Waals surface area contributed by atoms with E-state index in [2.05, 4.69) is 46.0 Å². The van der Waals surface area contributed by atoms with Crippen LogP contribution < -0.4 is 4.90 Å². The number of aryl methyl sites for hydroxylation is 1. The Morgan fingerprint density at radius 1 is 1.11 bits per heavy atom. The van der Waals surface area contributed by atoms with Crippen molar-refractivity contribution in [3.63, 3.8) is 0 Å². The zero-order valence-electron chi connectivity index (χ0n) is 16.0. The maximum atomic E-state index is 14.0. The van der Waals surface area contributed by atoms with Crippen LogP contribution in [0.15, 0.2) is 52.9 Å². The number of aromatic nitrogens is 1. The van der Waals surface area contributed by atoms with Crippen LogP contribution in [0.5, 0.6) is 0 Å². The second kappa shape index (κ2) is 7.72. The molecule has 28 heavy (non-hydrogen) atoms. The monoisotopic (exact) mass is 383 g/mol. The Morgan fingerprint density at radius 3 is 2.64 bits per heavy atom. The molecule has 4 rings (SSSR count). The number of rotatable bonds is 4. The molecular weight excluding hydrogens is 360 g/mol. The SMILES string of the molecule is Cc1oc(-c2cc(F)ccc2F)nc1CN1CCN(c2ccccc2)C[C@@H]1C. The summed E-state index contributed by atoms with van der Waals surface area (Å²) in [6, 6.07) is 14.0. The topological polar surface area (TPSA) is 32.5 Å². The maximum absolute atomic E-state index is 14.0. The van der Waals surface area contributed by atoms with E-state index in [4.69, 9.17) is 4.42 Å². The molecule has 0 aliphatic carbocycles. The Morgan fingerprint density at radius 2 is 1.89 bits per heavy atom. The molecule has 0 unspecified atom stereocenters. The van der Waals surface area contributed by atoms with E-state index >= 15 is 0 Å². The highest BCUT2D eigenvalue weighted by molar-refractivity contribution is 5.54. The molecule has 1 aliphatic rings. The summed E-state index contributed by atoms with van der Waals surface area (Å²) in [5.41, 5.74) is 2.05. The molecular formula is C22H23F2N3O. The van der Waals surface area contributed by atoms with Crippen LogP contribution in [0.4, 0.5) is 14.5 Å². The van der Waals surface area contributed by atoms with Crippen molar-refractivity contribution < 1.29 is 13.2 Å². The number of piperazine rings is 1. The summed E-state index contributed by atoms with van der Waals surface area (Å²) in [6.07, 6.45) is 0. The summed E-state index contributed by atoms with van der Waals surface area (Å²) >= 11 is 0. The zero-order chi connectivity index (χ0) is 19.7. The normalized spacial score (nSPS) is 17.9. The number of oxazole rings is 1. The van der Waals surface area contributed by atoms with Gasteiger partial charge in [-0.05, 0) is 44.2 Å². The molecule has 0 bridgehead atoms. The standard InChI is InChI=1S/C22H23F2N3O/c1-15-13-27(18-6-4-3-5-7-18)11-10-26(15)14-21-16(2)28-22(25-21)19-12-17(23)8-9-20(19)24/h3-9,12,15H,10-11,13-14H2,1-2H3/t15-/m0/s1. The number of benzene rings is 2. The molecule has 0 saturated carbocycles. The fourth-order valence-electron chi connectivity index (χ4n) is 3.65. The molecule has 1 aromatic heterocycles. The van der Waals surface area contributed by atoms with Crippen molar-refractivity contribution in [3.05, 3.63) is 71.6 Å². The van der Waals surface area contributed by atoms with Gasteiger partial charge in [0.15, 0.2) is 0 Å². The highest BCUT2D eigenvalue weighted by Gasteiger charge is 2.26. The first-order chi connectivity index (χ1) is 13.5. The first kappa shape index (κ1) is 18.6. The summed E-state index contributed by atoms with van der Waals surface area (Å²) in [7, 11) is 0. The molecule has 4 nitrogen and oxygen atoms in total. The first-order valence-electron chi connectivity index (χ1n) is 9.47. The van der Waals surface area contributed by atoms with Gasteiger partial charge >= 0.3 is 0 Å². The Balaban J connectivity index is 1.48. The van der Waals surface area contributed by atoms with Crippen molar-refractivity contribution in [1.29, 1.82) is 0 Å². The third-order valence-electron chi connectivity index (χ3n) is 5.29. The number of hydrogen-bond acceptors (Lipinski definition) is 4. The van der Waals surface area contributed by atoms with Crippen LogP contribution in [0.1, 0.15) is 18.4 Å². The average molecular weight is 383 g/mol. The van der Waals surface area contributed by atoms with Crippen molar-refractivity contribution in [2.75, 3.05) is 24.5 Å². The minimum atomic E-state index is -0.543. The predicted octanol–water partition coefficient (Wildman–Crippen LogP) is 4.64. The number of nitrogens with zero attached hydrogens (tertiary/aromatic N) is 3. The van der Waals surface area contributed by atoms with Crippen molar-refractivity contribution in [2.24, 2.45) is 0 Å². The Kier molecular flexibility index (Phi) is 5.13. The lowest BCUT2D eigenvalue weighted by molar-refractivity contribution is 0.178. The van der Waals surface area contributed by atoms with Gasteiger partial charge < -0.3 is 9.32 Å². The summed E-state index contributed by atoms with van der Waals surface area (Å²) in [5, 5.41) is 0. The number of anilines is 1. The van der Waals surface area contributed by atoms with Crippen LogP contribution >= 0.6 is 0 Å². The Labute approximate surface area is 163 Å². The van der Waals surface area contributed by atoms with Crippen molar-refractivity contribution in [3.8, 4) is 11.5 Å². The lowest BCUT2D eigenvalue weighted by Crippen LogP contribution is -2.51. The minimum absolute atomic E-state index is 0.0521. The van der Waals surface area contributed by atoms with Gasteiger partial charge in [0, 0.05) is 37.9 Å². The smallest absolute Gasteiger partial charge is 0.229 e. The van der Waals surface area contributed by atoms with Gasteiger partial charge in [-0.1, -0.05) is 18.2 Å². The molecule has 0 radical (unpaired) electrons. The van der Waals surface area contributed by atoms with Gasteiger partial charge in [0.2, 0.25) is 5.89 Å². The van der Waals surface area contributed by atoms with Crippen molar-refractivity contribution in [2.45, 2.75) is 26.4 Å². The van der Waals surface area contributed by atoms with Crippen LogP contribution in [0.2, 0.25) is 0 Å². The summed E-state index contributed by atoms with van der Waals surface area (Å²) in [6.45, 7) is 7.37. The van der Waals surface area contributed by atoms with E-state index in [0.29, 0.717) is 18.3 Å². The van der Waals surface area contributed by atoms with Crippen LogP contribution in [0.3, 0.4) is 0 Å². The molecule has 1 aliphatic heterocycles. The molecule has 6 heteroatoms. The molecule has 0 amide bonds. The molecule has 3 aromatic rings. The highest BCUT2D eigenvalue weighted by Crippen LogP contribution is 2.27. The largest absolute Gasteiger partial charge is 0.441 e. The molecule has 0 N–H and O–H groups in total. The fourth-order valence-corrected chi connectivity index (χ4v) is 3.65. The Hall–Kier alpha value is -2.73. The van der Waals surface area contributed by atoms with E-state index < -0.39 is 11.6 Å².